The van der Waals surface area contributed by atoms with E-state index in [1.54, 1.807) is 12.1 Å². The molecular formula is C31H30N3O3+. The van der Waals surface area contributed by atoms with Crippen LogP contribution in [-0.2, 0) is 25.7 Å². The number of aryl methyl sites for hydroxylation is 2. The smallest absolute Gasteiger partial charge is 0.277 e. The predicted octanol–water partition coefficient (Wildman–Crippen LogP) is 4.03. The summed E-state index contributed by atoms with van der Waals surface area (Å²) in [6.45, 7) is 4.40. The molecule has 37 heavy (non-hydrogen) atoms. The minimum Gasteiger partial charge on any atom is -0.455 e. The van der Waals surface area contributed by atoms with E-state index in [2.05, 4.69) is 21.6 Å². The van der Waals surface area contributed by atoms with E-state index in [4.69, 9.17) is 4.74 Å². The molecule has 3 aromatic carbocycles. The summed E-state index contributed by atoms with van der Waals surface area (Å²) in [5.41, 5.74) is 9.59. The largest absolute Gasteiger partial charge is 0.455 e. The Bertz CT molecular complexity index is 1650. The van der Waals surface area contributed by atoms with Crippen molar-refractivity contribution < 1.29 is 9.66 Å². The van der Waals surface area contributed by atoms with Gasteiger partial charge in [0.05, 0.1) is 16.1 Å². The molecule has 6 heteroatoms. The fourth-order valence-corrected chi connectivity index (χ4v) is 7.65. The van der Waals surface area contributed by atoms with E-state index in [0.717, 1.165) is 105 Å². The second-order valence-corrected chi connectivity index (χ2v) is 11.1. The van der Waals surface area contributed by atoms with Crippen molar-refractivity contribution in [3.8, 4) is 11.5 Å². The highest BCUT2D eigenvalue weighted by atomic mass is 16.6. The van der Waals surface area contributed by atoms with Gasteiger partial charge in [0.25, 0.3) is 5.69 Å². The Morgan fingerprint density at radius 2 is 1.59 bits per heavy atom. The lowest BCUT2D eigenvalue weighted by atomic mass is 9.82. The van der Waals surface area contributed by atoms with Gasteiger partial charge in [-0.3, -0.25) is 10.1 Å². The molecule has 5 heterocycles. The molecular weight excluding hydrogens is 462 g/mol. The van der Waals surface area contributed by atoms with E-state index in [1.807, 2.05) is 12.1 Å². The maximum Gasteiger partial charge on any atom is 0.277 e. The molecule has 0 amide bonds. The standard InChI is InChI=1S/C31H30N3O3/c35-34(36)26-12-2-1-9-21(26)27-24-17-19-7-3-13-32-15-5-10-22(28(19)32)30(24)37-31-23-11-6-16-33-14-4-8-20(29(23)33)18-25(27)31/h1-2,9,12,17-18H,3-8,10-11,13-16H2/q+1. The molecule has 0 spiro atoms. The second kappa shape index (κ2) is 7.91. The average Bonchev–Trinajstić information content (AvgIpc) is 2.93. The normalized spacial score (nSPS) is 18.9. The number of ether oxygens (including phenoxy) is 1. The number of anilines is 1. The Morgan fingerprint density at radius 1 is 0.838 bits per heavy atom. The van der Waals surface area contributed by atoms with E-state index in [-0.39, 0.29) is 10.6 Å². The molecule has 5 aliphatic rings. The fourth-order valence-electron chi connectivity index (χ4n) is 7.65. The van der Waals surface area contributed by atoms with Crippen LogP contribution in [0.2, 0.25) is 0 Å². The number of hydrogen-bond acceptors (Lipinski definition) is 4. The van der Waals surface area contributed by atoms with Crippen molar-refractivity contribution in [3.63, 3.8) is 0 Å². The van der Waals surface area contributed by atoms with Gasteiger partial charge in [0.2, 0.25) is 5.36 Å². The van der Waals surface area contributed by atoms with Gasteiger partial charge in [-0.1, -0.05) is 12.1 Å². The van der Waals surface area contributed by atoms with Gasteiger partial charge in [0.1, 0.15) is 24.6 Å². The fraction of sp³-hybridized carbons (Fsp3) is 0.387. The maximum absolute atomic E-state index is 12.3. The van der Waals surface area contributed by atoms with Crippen molar-refractivity contribution in [2.24, 2.45) is 0 Å². The summed E-state index contributed by atoms with van der Waals surface area (Å²) in [6, 6.07) is 11.9. The summed E-state index contributed by atoms with van der Waals surface area (Å²) in [7, 11) is 0. The number of fused-ring (bicyclic) bond motifs is 4. The van der Waals surface area contributed by atoms with Crippen molar-refractivity contribution in [2.75, 3.05) is 31.1 Å². The molecule has 0 N–H and O–H groups in total. The minimum absolute atomic E-state index is 0.164. The highest BCUT2D eigenvalue weighted by Crippen LogP contribution is 2.49. The zero-order chi connectivity index (χ0) is 24.7. The van der Waals surface area contributed by atoms with Crippen molar-refractivity contribution in [1.29, 1.82) is 0 Å². The van der Waals surface area contributed by atoms with Gasteiger partial charge in [-0.05, 0) is 62.3 Å². The Balaban J connectivity index is 1.54. The van der Waals surface area contributed by atoms with E-state index in [0.29, 0.717) is 5.56 Å². The van der Waals surface area contributed by atoms with Crippen LogP contribution >= 0.6 is 0 Å². The van der Waals surface area contributed by atoms with Crippen LogP contribution in [-0.4, -0.2) is 31.1 Å². The first-order valence-corrected chi connectivity index (χ1v) is 13.9. The van der Waals surface area contributed by atoms with Crippen molar-refractivity contribution in [2.45, 2.75) is 51.4 Å². The molecule has 0 bridgehead atoms. The lowest BCUT2D eigenvalue weighted by molar-refractivity contribution is -0.385. The lowest BCUT2D eigenvalue weighted by Crippen LogP contribution is -2.45. The minimum atomic E-state index is -0.231. The molecule has 6 nitrogen and oxygen atoms in total. The highest BCUT2D eigenvalue weighted by molar-refractivity contribution is 5.91. The van der Waals surface area contributed by atoms with Gasteiger partial charge in [-0.2, -0.15) is 0 Å². The summed E-state index contributed by atoms with van der Waals surface area (Å²) in [4.78, 5) is 14.6. The molecule has 8 rings (SSSR count). The monoisotopic (exact) mass is 492 g/mol. The summed E-state index contributed by atoms with van der Waals surface area (Å²) in [6.07, 6.45) is 8.62. The van der Waals surface area contributed by atoms with Crippen molar-refractivity contribution in [3.05, 3.63) is 90.5 Å². The van der Waals surface area contributed by atoms with Gasteiger partial charge in [-0.25, -0.2) is 4.58 Å². The van der Waals surface area contributed by atoms with Crippen LogP contribution in [0.3, 0.4) is 0 Å². The van der Waals surface area contributed by atoms with E-state index in [1.165, 1.54) is 33.3 Å². The van der Waals surface area contributed by atoms with Gasteiger partial charge in [0.15, 0.2) is 0 Å². The van der Waals surface area contributed by atoms with Gasteiger partial charge < -0.3 is 9.64 Å². The van der Waals surface area contributed by atoms with Gasteiger partial charge >= 0.3 is 0 Å². The topological polar surface area (TPSA) is 58.6 Å². The van der Waals surface area contributed by atoms with E-state index < -0.39 is 0 Å². The SMILES string of the molecule is O=[N+]([O-])c1ccccc1C1=c2cc3c4c(c2Oc2c1cc1c5c2CCCN5CCC1)CCC[N+]=4CCC3. The zero-order valence-electron chi connectivity index (χ0n) is 21.0. The molecule has 0 aliphatic carbocycles. The number of nitrogens with zero attached hydrogens (tertiary/aromatic N) is 3. The Kier molecular flexibility index (Phi) is 4.58. The van der Waals surface area contributed by atoms with Crippen LogP contribution in [0.15, 0.2) is 36.4 Å². The van der Waals surface area contributed by atoms with Crippen LogP contribution < -0.4 is 24.8 Å². The molecule has 0 unspecified atom stereocenters. The molecule has 5 aliphatic heterocycles. The third-order valence-corrected chi connectivity index (χ3v) is 9.06. The number of nitro benzene ring substituents is 1. The van der Waals surface area contributed by atoms with Gasteiger partial charge in [-0.15, -0.1) is 0 Å². The number of rotatable bonds is 2. The number of benzene rings is 3. The molecule has 3 aromatic rings. The molecule has 0 atom stereocenters. The number of para-hydroxylation sites is 1. The van der Waals surface area contributed by atoms with Crippen LogP contribution in [0.1, 0.15) is 59.1 Å². The van der Waals surface area contributed by atoms with E-state index >= 15 is 0 Å². The summed E-state index contributed by atoms with van der Waals surface area (Å²) in [5.74, 6) is 1.88. The first kappa shape index (κ1) is 21.4. The Morgan fingerprint density at radius 3 is 2.46 bits per heavy atom. The molecule has 0 saturated carbocycles. The Labute approximate surface area is 215 Å². The van der Waals surface area contributed by atoms with Crippen LogP contribution in [0.5, 0.6) is 11.5 Å². The quantitative estimate of drug-likeness (QED) is 0.241. The molecule has 0 fully saturated rings. The first-order valence-electron chi connectivity index (χ1n) is 13.9. The molecule has 0 saturated heterocycles. The van der Waals surface area contributed by atoms with Crippen molar-refractivity contribution in [1.82, 2.24) is 4.58 Å². The van der Waals surface area contributed by atoms with Crippen LogP contribution in [0.25, 0.3) is 5.57 Å². The Hall–Kier alpha value is -3.67. The first-order chi connectivity index (χ1) is 18.2. The van der Waals surface area contributed by atoms with Crippen molar-refractivity contribution >= 4 is 16.9 Å². The highest BCUT2D eigenvalue weighted by Gasteiger charge is 2.36. The molecule has 0 aromatic heterocycles. The van der Waals surface area contributed by atoms with Gasteiger partial charge in [0, 0.05) is 65.2 Å². The van der Waals surface area contributed by atoms with Crippen LogP contribution in [0.4, 0.5) is 11.4 Å². The van der Waals surface area contributed by atoms with Crippen LogP contribution in [0, 0.1) is 10.1 Å². The third-order valence-electron chi connectivity index (χ3n) is 9.06. The summed E-state index contributed by atoms with van der Waals surface area (Å²) < 4.78 is 9.57. The summed E-state index contributed by atoms with van der Waals surface area (Å²) >= 11 is 0. The number of nitro groups is 1. The average molecular weight is 493 g/mol. The molecule has 186 valence electrons. The lowest BCUT2D eigenvalue weighted by Gasteiger charge is -2.39. The second-order valence-electron chi connectivity index (χ2n) is 11.1. The van der Waals surface area contributed by atoms with E-state index in [9.17, 15) is 10.1 Å². The predicted molar refractivity (Wildman–Crippen MR) is 143 cm³/mol. The maximum atomic E-state index is 12.3. The molecule has 0 radical (unpaired) electrons. The summed E-state index contributed by atoms with van der Waals surface area (Å²) in [5, 5.41) is 14.7. The zero-order valence-corrected chi connectivity index (χ0v) is 21.0. The number of hydrogen-bond donors (Lipinski definition) is 0. The third kappa shape index (κ3) is 3.01.